The number of hydrogen-bond donors (Lipinski definition) is 2. The van der Waals surface area contributed by atoms with Crippen molar-refractivity contribution in [2.45, 2.75) is 31.9 Å². The largest absolute Gasteiger partial charge is 0.354 e. The molecule has 1 fully saturated rings. The first-order valence-corrected chi connectivity index (χ1v) is 9.20. The predicted octanol–water partition coefficient (Wildman–Crippen LogP) is 2.27. The molecule has 146 valence electrons. The second-order valence-electron chi connectivity index (χ2n) is 6.66. The Kier molecular flexibility index (Phi) is 6.75. The average molecular weight is 376 g/mol. The Morgan fingerprint density at radius 2 is 2.11 bits per heavy atom. The Morgan fingerprint density at radius 1 is 1.30 bits per heavy atom. The molecule has 2 N–H and O–H groups in total. The minimum atomic E-state index is -2.26. The highest BCUT2D eigenvalue weighted by Gasteiger charge is 2.21. The fourth-order valence-electron chi connectivity index (χ4n) is 3.26. The third-order valence-corrected chi connectivity index (χ3v) is 4.69. The van der Waals surface area contributed by atoms with E-state index in [-0.39, 0.29) is 12.6 Å². The first-order chi connectivity index (χ1) is 13.1. The highest BCUT2D eigenvalue weighted by atomic mass is 19.3. The highest BCUT2D eigenvalue weighted by molar-refractivity contribution is 5.80. The van der Waals surface area contributed by atoms with Gasteiger partial charge in [-0.15, -0.1) is 0 Å². The van der Waals surface area contributed by atoms with Gasteiger partial charge in [0.05, 0.1) is 12.2 Å². The molecule has 0 aliphatic carbocycles. The van der Waals surface area contributed by atoms with Crippen LogP contribution in [0, 0.1) is 0 Å². The number of benzene rings is 1. The van der Waals surface area contributed by atoms with Crippen LogP contribution in [0.2, 0.25) is 0 Å². The number of nitrogens with one attached hydrogen (secondary N) is 2. The summed E-state index contributed by atoms with van der Waals surface area (Å²) >= 11 is 0. The molecular weight excluding hydrogens is 350 g/mol. The molecule has 1 aliphatic heterocycles. The van der Waals surface area contributed by atoms with Crippen molar-refractivity contribution < 1.29 is 8.78 Å². The van der Waals surface area contributed by atoms with Crippen molar-refractivity contribution in [1.29, 1.82) is 0 Å². The molecule has 0 bridgehead atoms. The summed E-state index contributed by atoms with van der Waals surface area (Å²) in [6.07, 6.45) is 3.07. The van der Waals surface area contributed by atoms with Crippen molar-refractivity contribution in [1.82, 2.24) is 25.3 Å². The van der Waals surface area contributed by atoms with Crippen molar-refractivity contribution >= 4 is 5.96 Å². The van der Waals surface area contributed by atoms with Gasteiger partial charge in [0.15, 0.2) is 5.96 Å². The minimum absolute atomic E-state index is 0.133. The third-order valence-electron chi connectivity index (χ3n) is 4.69. The molecule has 2 aromatic rings. The van der Waals surface area contributed by atoms with Crippen LogP contribution >= 0.6 is 0 Å². The molecule has 0 radical (unpaired) electrons. The SMILES string of the molecule is CN=C(NCc1cccc(-n2cccn2)c1)NC1CCN(CC(F)F)CC1. The van der Waals surface area contributed by atoms with Crippen LogP contribution in [-0.2, 0) is 6.54 Å². The molecule has 2 heterocycles. The van der Waals surface area contributed by atoms with Gasteiger partial charge in [-0.25, -0.2) is 13.5 Å². The summed E-state index contributed by atoms with van der Waals surface area (Å²) in [4.78, 5) is 6.10. The van der Waals surface area contributed by atoms with Gasteiger partial charge in [0.1, 0.15) is 0 Å². The van der Waals surface area contributed by atoms with Crippen LogP contribution in [0.4, 0.5) is 8.78 Å². The van der Waals surface area contributed by atoms with Crippen LogP contribution in [0.5, 0.6) is 0 Å². The summed E-state index contributed by atoms with van der Waals surface area (Å²) < 4.78 is 26.8. The lowest BCUT2D eigenvalue weighted by Gasteiger charge is -2.32. The molecule has 1 saturated heterocycles. The Bertz CT molecular complexity index is 724. The molecule has 0 unspecified atom stereocenters. The summed E-state index contributed by atoms with van der Waals surface area (Å²) in [7, 11) is 1.74. The predicted molar refractivity (Wildman–Crippen MR) is 102 cm³/mol. The van der Waals surface area contributed by atoms with E-state index in [1.54, 1.807) is 13.2 Å². The van der Waals surface area contributed by atoms with Crippen LogP contribution in [0.3, 0.4) is 0 Å². The van der Waals surface area contributed by atoms with E-state index in [0.717, 1.165) is 30.1 Å². The van der Waals surface area contributed by atoms with Gasteiger partial charge in [0.2, 0.25) is 0 Å². The lowest BCUT2D eigenvalue weighted by atomic mass is 10.1. The fraction of sp³-hybridized carbons (Fsp3) is 0.474. The molecule has 1 aromatic heterocycles. The Labute approximate surface area is 158 Å². The molecule has 1 aliphatic rings. The molecule has 0 spiro atoms. The normalized spacial score (nSPS) is 16.7. The summed E-state index contributed by atoms with van der Waals surface area (Å²) in [5.74, 6) is 0.729. The van der Waals surface area contributed by atoms with Gasteiger partial charge in [-0.2, -0.15) is 5.10 Å². The molecule has 3 rings (SSSR count). The van der Waals surface area contributed by atoms with Crippen molar-refractivity contribution in [2.75, 3.05) is 26.7 Å². The topological polar surface area (TPSA) is 57.5 Å². The average Bonchev–Trinajstić information content (AvgIpc) is 3.21. The van der Waals surface area contributed by atoms with Crippen LogP contribution in [0.1, 0.15) is 18.4 Å². The lowest BCUT2D eigenvalue weighted by molar-refractivity contribution is 0.0744. The second-order valence-corrected chi connectivity index (χ2v) is 6.66. The zero-order valence-corrected chi connectivity index (χ0v) is 15.5. The van der Waals surface area contributed by atoms with Gasteiger partial charge in [-0.1, -0.05) is 12.1 Å². The Balaban J connectivity index is 1.48. The maximum Gasteiger partial charge on any atom is 0.251 e. The van der Waals surface area contributed by atoms with Crippen molar-refractivity contribution in [3.8, 4) is 5.69 Å². The second kappa shape index (κ2) is 9.45. The number of piperidine rings is 1. The Morgan fingerprint density at radius 3 is 2.78 bits per heavy atom. The molecule has 8 heteroatoms. The maximum absolute atomic E-state index is 12.5. The summed E-state index contributed by atoms with van der Waals surface area (Å²) in [5.41, 5.74) is 2.13. The molecule has 0 atom stereocenters. The number of guanidine groups is 1. The van der Waals surface area contributed by atoms with Crippen molar-refractivity contribution in [3.63, 3.8) is 0 Å². The van der Waals surface area contributed by atoms with E-state index in [4.69, 9.17) is 0 Å². The highest BCUT2D eigenvalue weighted by Crippen LogP contribution is 2.12. The number of hydrogen-bond acceptors (Lipinski definition) is 3. The number of nitrogens with zero attached hydrogens (tertiary/aromatic N) is 4. The lowest BCUT2D eigenvalue weighted by Crippen LogP contribution is -2.49. The van der Waals surface area contributed by atoms with Crippen LogP contribution < -0.4 is 10.6 Å². The van der Waals surface area contributed by atoms with Crippen LogP contribution in [0.15, 0.2) is 47.7 Å². The number of aromatic nitrogens is 2. The van der Waals surface area contributed by atoms with E-state index in [0.29, 0.717) is 19.6 Å². The van der Waals surface area contributed by atoms with Crippen molar-refractivity contribution in [3.05, 3.63) is 48.3 Å². The van der Waals surface area contributed by atoms with Crippen molar-refractivity contribution in [2.24, 2.45) is 4.99 Å². The monoisotopic (exact) mass is 376 g/mol. The van der Waals surface area contributed by atoms with Gasteiger partial charge in [-0.05, 0) is 36.6 Å². The molecular formula is C19H26F2N6. The standard InChI is InChI=1S/C19H26F2N6/c1-22-19(25-16-6-10-26(11-7-16)14-18(20)21)23-13-15-4-2-5-17(12-15)27-9-3-8-24-27/h2-5,8-9,12,16,18H,6-7,10-11,13-14H2,1H3,(H2,22,23,25). The number of aliphatic imine (C=N–C) groups is 1. The van der Waals surface area contributed by atoms with E-state index >= 15 is 0 Å². The van der Waals surface area contributed by atoms with E-state index in [1.165, 1.54) is 0 Å². The van der Waals surface area contributed by atoms with Gasteiger partial charge < -0.3 is 10.6 Å². The summed E-state index contributed by atoms with van der Waals surface area (Å²) in [5, 5.41) is 11.0. The molecule has 27 heavy (non-hydrogen) atoms. The quantitative estimate of drug-likeness (QED) is 0.600. The van der Waals surface area contributed by atoms with Gasteiger partial charge in [-0.3, -0.25) is 9.89 Å². The van der Waals surface area contributed by atoms with Gasteiger partial charge >= 0.3 is 0 Å². The molecule has 0 saturated carbocycles. The van der Waals surface area contributed by atoms with Gasteiger partial charge in [0, 0.05) is 45.1 Å². The summed E-state index contributed by atoms with van der Waals surface area (Å²) in [6, 6.07) is 10.3. The van der Waals surface area contributed by atoms with E-state index in [1.807, 2.05) is 34.0 Å². The first kappa shape index (κ1) is 19.3. The summed E-state index contributed by atoms with van der Waals surface area (Å²) in [6.45, 7) is 1.88. The maximum atomic E-state index is 12.5. The number of alkyl halides is 2. The zero-order valence-electron chi connectivity index (χ0n) is 15.5. The molecule has 0 amide bonds. The minimum Gasteiger partial charge on any atom is -0.354 e. The Hall–Kier alpha value is -2.48. The number of rotatable bonds is 6. The van der Waals surface area contributed by atoms with E-state index in [2.05, 4.69) is 32.9 Å². The molecule has 6 nitrogen and oxygen atoms in total. The molecule has 1 aromatic carbocycles. The first-order valence-electron chi connectivity index (χ1n) is 9.20. The van der Waals surface area contributed by atoms with E-state index in [9.17, 15) is 8.78 Å². The smallest absolute Gasteiger partial charge is 0.251 e. The van der Waals surface area contributed by atoms with Crippen LogP contribution in [-0.4, -0.2) is 59.8 Å². The third kappa shape index (κ3) is 5.75. The van der Waals surface area contributed by atoms with E-state index < -0.39 is 6.43 Å². The van der Waals surface area contributed by atoms with Crippen LogP contribution in [0.25, 0.3) is 5.69 Å². The number of likely N-dealkylation sites (tertiary alicyclic amines) is 1. The van der Waals surface area contributed by atoms with Gasteiger partial charge in [0.25, 0.3) is 6.43 Å². The number of halogens is 2. The fourth-order valence-corrected chi connectivity index (χ4v) is 3.26. The zero-order chi connectivity index (χ0) is 19.1.